The van der Waals surface area contributed by atoms with Crippen LogP contribution in [0.2, 0.25) is 5.02 Å². The minimum atomic E-state index is -2.55. The Morgan fingerprint density at radius 1 is 1.07 bits per heavy atom. The highest BCUT2D eigenvalue weighted by Gasteiger charge is 2.41. The molecule has 0 saturated heterocycles. The van der Waals surface area contributed by atoms with Crippen molar-refractivity contribution in [3.63, 3.8) is 0 Å². The molecular formula is C31H27ClF3N3O2. The van der Waals surface area contributed by atoms with Gasteiger partial charge in [0.2, 0.25) is 0 Å². The highest BCUT2D eigenvalue weighted by atomic mass is 35.5. The van der Waals surface area contributed by atoms with Crippen molar-refractivity contribution < 1.29 is 18.0 Å². The van der Waals surface area contributed by atoms with Crippen molar-refractivity contribution in [3.8, 4) is 16.9 Å². The molecule has 1 aliphatic rings. The van der Waals surface area contributed by atoms with E-state index in [4.69, 9.17) is 11.6 Å². The van der Waals surface area contributed by atoms with E-state index < -0.39 is 23.7 Å². The van der Waals surface area contributed by atoms with Crippen molar-refractivity contribution in [2.24, 2.45) is 0 Å². The molecule has 0 bridgehead atoms. The Labute approximate surface area is 234 Å². The molecule has 4 aromatic rings. The minimum absolute atomic E-state index is 0.000224. The maximum atomic E-state index is 15.4. The molecule has 1 saturated carbocycles. The van der Waals surface area contributed by atoms with E-state index in [2.05, 4.69) is 4.98 Å². The third kappa shape index (κ3) is 4.92. The van der Waals surface area contributed by atoms with Crippen LogP contribution in [-0.4, -0.2) is 34.5 Å². The van der Waals surface area contributed by atoms with Gasteiger partial charge in [-0.05, 0) is 79.1 Å². The van der Waals surface area contributed by atoms with Crippen LogP contribution in [0.4, 0.5) is 13.2 Å². The zero-order valence-electron chi connectivity index (χ0n) is 22.4. The molecule has 0 spiro atoms. The fraction of sp³-hybridized carbons (Fsp3) is 0.258. The van der Waals surface area contributed by atoms with Crippen LogP contribution in [0.25, 0.3) is 16.9 Å². The molecule has 40 heavy (non-hydrogen) atoms. The molecule has 0 radical (unpaired) electrons. The summed E-state index contributed by atoms with van der Waals surface area (Å²) in [6, 6.07) is 14.3. The molecule has 2 heterocycles. The lowest BCUT2D eigenvalue weighted by molar-refractivity contribution is 0.0823. The number of benzene rings is 2. The topological polar surface area (TPSA) is 55.2 Å². The predicted molar refractivity (Wildman–Crippen MR) is 149 cm³/mol. The van der Waals surface area contributed by atoms with Gasteiger partial charge in [-0.25, -0.2) is 13.2 Å². The van der Waals surface area contributed by atoms with E-state index in [1.807, 2.05) is 12.1 Å². The molecule has 2 aromatic carbocycles. The summed E-state index contributed by atoms with van der Waals surface area (Å²) in [5.41, 5.74) is 3.12. The van der Waals surface area contributed by atoms with Gasteiger partial charge < -0.3 is 4.90 Å². The summed E-state index contributed by atoms with van der Waals surface area (Å²) >= 11 is 6.64. The number of pyridine rings is 2. The van der Waals surface area contributed by atoms with Crippen LogP contribution in [0.1, 0.15) is 63.0 Å². The summed E-state index contributed by atoms with van der Waals surface area (Å²) in [4.78, 5) is 31.7. The van der Waals surface area contributed by atoms with E-state index in [1.165, 1.54) is 33.7 Å². The first-order valence-electron chi connectivity index (χ1n) is 12.8. The summed E-state index contributed by atoms with van der Waals surface area (Å²) < 4.78 is 43.3. The molecule has 1 unspecified atom stereocenters. The van der Waals surface area contributed by atoms with Crippen molar-refractivity contribution in [3.05, 3.63) is 115 Å². The highest BCUT2D eigenvalue weighted by Crippen LogP contribution is 2.56. The Kier molecular flexibility index (Phi) is 7.31. The van der Waals surface area contributed by atoms with Gasteiger partial charge in [0.05, 0.1) is 16.9 Å². The second-order valence-electron chi connectivity index (χ2n) is 10.3. The van der Waals surface area contributed by atoms with E-state index >= 15 is 4.39 Å². The van der Waals surface area contributed by atoms with E-state index in [0.717, 1.165) is 5.56 Å². The quantitative estimate of drug-likeness (QED) is 0.248. The average Bonchev–Trinajstić information content (AvgIpc) is 3.72. The SMILES string of the molecule is Cc1cnc(-c2cccc(C(=O)N(C)C)c2F)cc1-n1c(C)cc([C@@H]2CC2c2cccc(C(F)F)c2)c(Cl)c1=O. The van der Waals surface area contributed by atoms with Crippen LogP contribution in [0.3, 0.4) is 0 Å². The maximum absolute atomic E-state index is 15.4. The molecule has 0 aliphatic heterocycles. The van der Waals surface area contributed by atoms with Crippen LogP contribution in [0.15, 0.2) is 65.6 Å². The monoisotopic (exact) mass is 565 g/mol. The number of amides is 1. The van der Waals surface area contributed by atoms with Gasteiger partial charge in [0.15, 0.2) is 0 Å². The lowest BCUT2D eigenvalue weighted by Gasteiger charge is -2.17. The lowest BCUT2D eigenvalue weighted by Crippen LogP contribution is -2.23. The molecule has 5 rings (SSSR count). The largest absolute Gasteiger partial charge is 0.345 e. The van der Waals surface area contributed by atoms with Gasteiger partial charge in [-0.2, -0.15) is 0 Å². The summed E-state index contributed by atoms with van der Waals surface area (Å²) in [6.07, 6.45) is -0.301. The van der Waals surface area contributed by atoms with Crippen LogP contribution in [-0.2, 0) is 0 Å². The van der Waals surface area contributed by atoms with Crippen LogP contribution < -0.4 is 5.56 Å². The van der Waals surface area contributed by atoms with Gasteiger partial charge in [0.1, 0.15) is 10.8 Å². The smallest absolute Gasteiger partial charge is 0.274 e. The summed E-state index contributed by atoms with van der Waals surface area (Å²) in [6.45, 7) is 3.57. The van der Waals surface area contributed by atoms with E-state index in [-0.39, 0.29) is 39.2 Å². The molecule has 206 valence electrons. The number of aromatic nitrogens is 2. The van der Waals surface area contributed by atoms with E-state index in [9.17, 15) is 18.4 Å². The zero-order chi connectivity index (χ0) is 28.9. The number of halogens is 4. The van der Waals surface area contributed by atoms with Gasteiger partial charge >= 0.3 is 0 Å². The fourth-order valence-corrected chi connectivity index (χ4v) is 5.45. The molecule has 1 amide bonds. The number of hydrogen-bond acceptors (Lipinski definition) is 3. The van der Waals surface area contributed by atoms with Crippen molar-refractivity contribution in [2.45, 2.75) is 38.5 Å². The van der Waals surface area contributed by atoms with Crippen LogP contribution in [0, 0.1) is 19.7 Å². The first kappa shape index (κ1) is 27.6. The Balaban J connectivity index is 1.53. The fourth-order valence-electron chi connectivity index (χ4n) is 5.17. The molecule has 2 aromatic heterocycles. The second kappa shape index (κ2) is 10.6. The number of aryl methyl sites for hydroxylation is 2. The number of carbonyl (C=O) groups excluding carboxylic acids is 1. The number of hydrogen-bond donors (Lipinski definition) is 0. The van der Waals surface area contributed by atoms with Gasteiger partial charge in [0, 0.05) is 37.1 Å². The first-order chi connectivity index (χ1) is 19.0. The standard InChI is InChI=1S/C31H27ClF3N3O2/c1-16-15-36-25(20-9-6-10-21(28(20)33)30(39)37(3)4)14-26(16)38-17(2)11-24(27(32)31(38)40)23-13-22(23)18-7-5-8-19(12-18)29(34)35/h5-12,14-15,22-23,29H,13H2,1-4H3/t22?,23-/m1/s1. The Bertz CT molecular complexity index is 1700. The van der Waals surface area contributed by atoms with Gasteiger partial charge in [0.25, 0.3) is 17.9 Å². The van der Waals surface area contributed by atoms with Crippen molar-refractivity contribution in [1.82, 2.24) is 14.5 Å². The molecule has 0 N–H and O–H groups in total. The summed E-state index contributed by atoms with van der Waals surface area (Å²) in [7, 11) is 3.09. The minimum Gasteiger partial charge on any atom is -0.345 e. The maximum Gasteiger partial charge on any atom is 0.274 e. The summed E-state index contributed by atoms with van der Waals surface area (Å²) in [5, 5.41) is 0.0608. The third-order valence-electron chi connectivity index (χ3n) is 7.37. The number of alkyl halides is 2. The molecule has 9 heteroatoms. The molecule has 5 nitrogen and oxygen atoms in total. The zero-order valence-corrected chi connectivity index (χ0v) is 23.1. The predicted octanol–water partition coefficient (Wildman–Crippen LogP) is 7.22. The normalized spacial score (nSPS) is 16.3. The highest BCUT2D eigenvalue weighted by molar-refractivity contribution is 6.31. The Hall–Kier alpha value is -3.91. The van der Waals surface area contributed by atoms with Gasteiger partial charge in [-0.3, -0.25) is 19.1 Å². The molecule has 1 aliphatic carbocycles. The number of carbonyl (C=O) groups is 1. The second-order valence-corrected chi connectivity index (χ2v) is 10.7. The number of rotatable bonds is 6. The van der Waals surface area contributed by atoms with Crippen molar-refractivity contribution in [1.29, 1.82) is 0 Å². The molecular weight excluding hydrogens is 539 g/mol. The average molecular weight is 566 g/mol. The molecule has 1 fully saturated rings. The summed E-state index contributed by atoms with van der Waals surface area (Å²) in [5.74, 6) is -1.22. The van der Waals surface area contributed by atoms with Crippen LogP contribution in [0.5, 0.6) is 0 Å². The van der Waals surface area contributed by atoms with E-state index in [1.54, 1.807) is 52.3 Å². The Morgan fingerprint density at radius 2 is 1.80 bits per heavy atom. The Morgan fingerprint density at radius 3 is 2.50 bits per heavy atom. The van der Waals surface area contributed by atoms with E-state index in [0.29, 0.717) is 28.9 Å². The first-order valence-corrected chi connectivity index (χ1v) is 13.1. The molecule has 2 atom stereocenters. The van der Waals surface area contributed by atoms with Gasteiger partial charge in [-0.1, -0.05) is 35.9 Å². The van der Waals surface area contributed by atoms with Crippen molar-refractivity contribution >= 4 is 17.5 Å². The van der Waals surface area contributed by atoms with Crippen molar-refractivity contribution in [2.75, 3.05) is 14.1 Å². The van der Waals surface area contributed by atoms with Gasteiger partial charge in [-0.15, -0.1) is 0 Å². The third-order valence-corrected chi connectivity index (χ3v) is 7.75. The lowest BCUT2D eigenvalue weighted by atomic mass is 10.0. The van der Waals surface area contributed by atoms with Crippen LogP contribution >= 0.6 is 11.6 Å². The number of nitrogens with zero attached hydrogens (tertiary/aromatic N) is 3.